The minimum absolute atomic E-state index is 0.252. The highest BCUT2D eigenvalue weighted by atomic mass is 32.1. The first-order chi connectivity index (χ1) is 5.18. The molecule has 11 heavy (non-hydrogen) atoms. The molecule has 1 heterocycles. The second-order valence-corrected chi connectivity index (χ2v) is 3.46. The predicted molar refractivity (Wildman–Crippen MR) is 48.4 cm³/mol. The molecule has 0 aliphatic carbocycles. The number of hydrogen-bond acceptors (Lipinski definition) is 3. The van der Waals surface area contributed by atoms with Crippen molar-refractivity contribution in [3.05, 3.63) is 0 Å². The van der Waals surface area contributed by atoms with E-state index in [1.807, 2.05) is 0 Å². The van der Waals surface area contributed by atoms with Crippen molar-refractivity contribution in [3.8, 4) is 0 Å². The summed E-state index contributed by atoms with van der Waals surface area (Å²) in [6.07, 6.45) is 1.31. The van der Waals surface area contributed by atoms with E-state index in [1.54, 1.807) is 0 Å². The standard InChI is InChI=1S/C6H14N4S/c1-4(2)3-5-7-9-6(11)10-8-5/h4-5,7-8H,3H2,1-2H3,(H2,9,10,11). The first-order valence-electron chi connectivity index (χ1n) is 3.75. The lowest BCUT2D eigenvalue weighted by molar-refractivity contribution is 0.305. The Labute approximate surface area is 72.1 Å². The Bertz CT molecular complexity index is 138. The zero-order chi connectivity index (χ0) is 8.27. The van der Waals surface area contributed by atoms with E-state index < -0.39 is 0 Å². The molecular weight excluding hydrogens is 160 g/mol. The van der Waals surface area contributed by atoms with Crippen LogP contribution in [0.3, 0.4) is 0 Å². The molecule has 0 bridgehead atoms. The fourth-order valence-corrected chi connectivity index (χ4v) is 1.08. The summed E-state index contributed by atoms with van der Waals surface area (Å²) in [5.74, 6) is 0.662. The minimum atomic E-state index is 0.252. The lowest BCUT2D eigenvalue weighted by Crippen LogP contribution is -2.66. The third-order valence-corrected chi connectivity index (χ3v) is 1.63. The van der Waals surface area contributed by atoms with Crippen LogP contribution in [0.15, 0.2) is 0 Å². The summed E-state index contributed by atoms with van der Waals surface area (Å²) in [6, 6.07) is 0. The number of nitrogens with one attached hydrogen (secondary N) is 4. The van der Waals surface area contributed by atoms with Crippen molar-refractivity contribution >= 4 is 17.3 Å². The summed E-state index contributed by atoms with van der Waals surface area (Å²) in [5.41, 5.74) is 11.8. The van der Waals surface area contributed by atoms with Crippen molar-refractivity contribution in [1.82, 2.24) is 21.7 Å². The Morgan fingerprint density at radius 1 is 1.36 bits per heavy atom. The molecule has 64 valence electrons. The van der Waals surface area contributed by atoms with Crippen LogP contribution in [0.2, 0.25) is 0 Å². The average molecular weight is 174 g/mol. The summed E-state index contributed by atoms with van der Waals surface area (Å²) in [5, 5.41) is 0.588. The van der Waals surface area contributed by atoms with Gasteiger partial charge in [0.15, 0.2) is 5.11 Å². The molecule has 5 heteroatoms. The molecule has 0 aromatic heterocycles. The monoisotopic (exact) mass is 174 g/mol. The summed E-state index contributed by atoms with van der Waals surface area (Å²) >= 11 is 4.82. The van der Waals surface area contributed by atoms with Crippen LogP contribution in [-0.2, 0) is 0 Å². The Kier molecular flexibility index (Phi) is 3.04. The highest BCUT2D eigenvalue weighted by molar-refractivity contribution is 7.80. The Balaban J connectivity index is 2.22. The molecule has 1 aliphatic heterocycles. The molecule has 4 nitrogen and oxygen atoms in total. The van der Waals surface area contributed by atoms with Gasteiger partial charge in [-0.1, -0.05) is 13.8 Å². The van der Waals surface area contributed by atoms with Gasteiger partial charge in [0, 0.05) is 0 Å². The van der Waals surface area contributed by atoms with E-state index in [0.29, 0.717) is 11.0 Å². The minimum Gasteiger partial charge on any atom is -0.296 e. The van der Waals surface area contributed by atoms with Gasteiger partial charge in [0.1, 0.15) is 0 Å². The van der Waals surface area contributed by atoms with Crippen molar-refractivity contribution in [2.75, 3.05) is 0 Å². The topological polar surface area (TPSA) is 48.1 Å². The van der Waals surface area contributed by atoms with Crippen LogP contribution in [0.4, 0.5) is 0 Å². The number of rotatable bonds is 2. The number of hydrogen-bond donors (Lipinski definition) is 4. The van der Waals surface area contributed by atoms with Crippen molar-refractivity contribution < 1.29 is 0 Å². The smallest absolute Gasteiger partial charge is 0.195 e. The van der Waals surface area contributed by atoms with E-state index in [-0.39, 0.29) is 6.17 Å². The van der Waals surface area contributed by atoms with Gasteiger partial charge in [0.25, 0.3) is 0 Å². The lowest BCUT2D eigenvalue weighted by Gasteiger charge is -2.28. The maximum absolute atomic E-state index is 4.82. The van der Waals surface area contributed by atoms with E-state index in [2.05, 4.69) is 35.6 Å². The molecule has 0 saturated carbocycles. The van der Waals surface area contributed by atoms with Gasteiger partial charge in [-0.05, 0) is 24.6 Å². The van der Waals surface area contributed by atoms with Gasteiger partial charge in [0.2, 0.25) is 0 Å². The molecule has 0 radical (unpaired) electrons. The number of hydrazine groups is 2. The molecule has 0 aromatic carbocycles. The zero-order valence-electron chi connectivity index (χ0n) is 6.77. The average Bonchev–Trinajstić information content (AvgIpc) is 1.93. The van der Waals surface area contributed by atoms with Crippen LogP contribution in [-0.4, -0.2) is 11.3 Å². The highest BCUT2D eigenvalue weighted by Gasteiger charge is 2.13. The second kappa shape index (κ2) is 3.85. The van der Waals surface area contributed by atoms with Crippen LogP contribution >= 0.6 is 12.2 Å². The second-order valence-electron chi connectivity index (χ2n) is 3.05. The lowest BCUT2D eigenvalue weighted by atomic mass is 10.1. The molecule has 0 unspecified atom stereocenters. The van der Waals surface area contributed by atoms with E-state index >= 15 is 0 Å². The molecule has 0 amide bonds. The van der Waals surface area contributed by atoms with Gasteiger partial charge < -0.3 is 0 Å². The number of thiocarbonyl (C=S) groups is 1. The fraction of sp³-hybridized carbons (Fsp3) is 0.833. The highest BCUT2D eigenvalue weighted by Crippen LogP contribution is 2.01. The van der Waals surface area contributed by atoms with E-state index in [0.717, 1.165) is 6.42 Å². The van der Waals surface area contributed by atoms with Crippen LogP contribution in [0.5, 0.6) is 0 Å². The van der Waals surface area contributed by atoms with Crippen LogP contribution < -0.4 is 21.7 Å². The first-order valence-corrected chi connectivity index (χ1v) is 4.16. The van der Waals surface area contributed by atoms with Gasteiger partial charge in [-0.2, -0.15) is 0 Å². The molecule has 0 atom stereocenters. The molecule has 1 fully saturated rings. The summed E-state index contributed by atoms with van der Waals surface area (Å²) in [6.45, 7) is 4.35. The SMILES string of the molecule is CC(C)CC1NNC(=S)NN1. The normalized spacial score (nSPS) is 19.7. The van der Waals surface area contributed by atoms with Gasteiger partial charge in [-0.3, -0.25) is 10.9 Å². The molecule has 1 rings (SSSR count). The van der Waals surface area contributed by atoms with Gasteiger partial charge in [0.05, 0.1) is 6.17 Å². The Morgan fingerprint density at radius 2 is 1.91 bits per heavy atom. The molecule has 0 aromatic rings. The van der Waals surface area contributed by atoms with Crippen LogP contribution in [0, 0.1) is 5.92 Å². The van der Waals surface area contributed by atoms with Gasteiger partial charge in [-0.15, -0.1) is 0 Å². The van der Waals surface area contributed by atoms with Crippen molar-refractivity contribution in [3.63, 3.8) is 0 Å². The molecular formula is C6H14N4S. The third kappa shape index (κ3) is 3.00. The van der Waals surface area contributed by atoms with Crippen LogP contribution in [0.25, 0.3) is 0 Å². The Morgan fingerprint density at radius 3 is 2.36 bits per heavy atom. The summed E-state index contributed by atoms with van der Waals surface area (Å²) in [7, 11) is 0. The quantitative estimate of drug-likeness (QED) is 0.439. The van der Waals surface area contributed by atoms with E-state index in [4.69, 9.17) is 12.2 Å². The molecule has 1 aliphatic rings. The van der Waals surface area contributed by atoms with Crippen molar-refractivity contribution in [1.29, 1.82) is 0 Å². The van der Waals surface area contributed by atoms with Crippen LogP contribution in [0.1, 0.15) is 20.3 Å². The molecule has 1 saturated heterocycles. The maximum Gasteiger partial charge on any atom is 0.195 e. The third-order valence-electron chi connectivity index (χ3n) is 1.43. The van der Waals surface area contributed by atoms with Gasteiger partial charge >= 0.3 is 0 Å². The summed E-state index contributed by atoms with van der Waals surface area (Å²) in [4.78, 5) is 0. The first kappa shape index (κ1) is 8.70. The predicted octanol–water partition coefficient (Wildman–Crippen LogP) is -0.154. The van der Waals surface area contributed by atoms with E-state index in [1.165, 1.54) is 0 Å². The largest absolute Gasteiger partial charge is 0.296 e. The Hall–Kier alpha value is -0.390. The van der Waals surface area contributed by atoms with Crippen molar-refractivity contribution in [2.24, 2.45) is 5.92 Å². The molecule has 4 N–H and O–H groups in total. The fourth-order valence-electron chi connectivity index (χ4n) is 0.962. The maximum atomic E-state index is 4.82. The zero-order valence-corrected chi connectivity index (χ0v) is 7.59. The van der Waals surface area contributed by atoms with Gasteiger partial charge in [-0.25, -0.2) is 10.9 Å². The van der Waals surface area contributed by atoms with E-state index in [9.17, 15) is 0 Å². The van der Waals surface area contributed by atoms with Crippen molar-refractivity contribution in [2.45, 2.75) is 26.4 Å². The summed E-state index contributed by atoms with van der Waals surface area (Å²) < 4.78 is 0. The molecule has 0 spiro atoms.